The number of piperidine rings is 1. The summed E-state index contributed by atoms with van der Waals surface area (Å²) in [6.45, 7) is 6.47. The smallest absolute Gasteiger partial charge is 0.243 e. The Bertz CT molecular complexity index is 839. The molecular formula is C22H33N3O3S. The molecule has 0 spiro atoms. The van der Waals surface area contributed by atoms with E-state index >= 15 is 0 Å². The number of likely N-dealkylation sites (tertiary alicyclic amines) is 1. The first-order valence-electron chi connectivity index (χ1n) is 11.1. The maximum absolute atomic E-state index is 13.1. The van der Waals surface area contributed by atoms with Crippen molar-refractivity contribution in [1.82, 2.24) is 14.1 Å². The van der Waals surface area contributed by atoms with E-state index in [0.717, 1.165) is 45.2 Å². The lowest BCUT2D eigenvalue weighted by atomic mass is 9.92. The highest BCUT2D eigenvalue weighted by Crippen LogP contribution is 2.26. The van der Waals surface area contributed by atoms with Crippen molar-refractivity contribution in [2.24, 2.45) is 5.92 Å². The molecule has 0 aromatic heterocycles. The van der Waals surface area contributed by atoms with Gasteiger partial charge in [-0.15, -0.1) is 0 Å². The van der Waals surface area contributed by atoms with Crippen molar-refractivity contribution < 1.29 is 13.2 Å². The van der Waals surface area contributed by atoms with Crippen LogP contribution >= 0.6 is 0 Å². The minimum atomic E-state index is -3.46. The van der Waals surface area contributed by atoms with Crippen LogP contribution in [0.2, 0.25) is 0 Å². The second-order valence-electron chi connectivity index (χ2n) is 8.88. The maximum Gasteiger partial charge on any atom is 0.243 e. The van der Waals surface area contributed by atoms with E-state index in [0.29, 0.717) is 43.5 Å². The Kier molecular flexibility index (Phi) is 6.27. The van der Waals surface area contributed by atoms with Gasteiger partial charge in [0.1, 0.15) is 0 Å². The zero-order valence-electron chi connectivity index (χ0n) is 17.5. The number of carbonyl (C=O) groups excluding carboxylic acids is 1. The first kappa shape index (κ1) is 20.8. The number of rotatable bonds is 4. The molecule has 29 heavy (non-hydrogen) atoms. The fraction of sp³-hybridized carbons (Fsp3) is 0.682. The normalized spacial score (nSPS) is 22.4. The van der Waals surface area contributed by atoms with Gasteiger partial charge < -0.3 is 4.90 Å². The van der Waals surface area contributed by atoms with Gasteiger partial charge in [0.25, 0.3) is 0 Å². The Morgan fingerprint density at radius 1 is 0.966 bits per heavy atom. The molecule has 0 saturated carbocycles. The van der Waals surface area contributed by atoms with E-state index in [1.165, 1.54) is 17.5 Å². The summed E-state index contributed by atoms with van der Waals surface area (Å²) in [5, 5.41) is 0. The van der Waals surface area contributed by atoms with Crippen LogP contribution in [0.4, 0.5) is 0 Å². The monoisotopic (exact) mass is 419 g/mol. The van der Waals surface area contributed by atoms with Crippen LogP contribution in [0.5, 0.6) is 0 Å². The van der Waals surface area contributed by atoms with Crippen molar-refractivity contribution in [2.45, 2.75) is 50.3 Å². The number of nitrogens with zero attached hydrogens (tertiary/aromatic N) is 3. The molecule has 1 aromatic carbocycles. The number of amides is 1. The summed E-state index contributed by atoms with van der Waals surface area (Å²) in [6, 6.07) is 5.65. The molecule has 6 nitrogen and oxygen atoms in total. The average Bonchev–Trinajstić information content (AvgIpc) is 2.74. The lowest BCUT2D eigenvalue weighted by Gasteiger charge is -2.36. The van der Waals surface area contributed by atoms with Gasteiger partial charge in [0.2, 0.25) is 15.9 Å². The van der Waals surface area contributed by atoms with Gasteiger partial charge in [-0.2, -0.15) is 4.31 Å². The van der Waals surface area contributed by atoms with E-state index in [2.05, 4.69) is 11.8 Å². The number of carbonyl (C=O) groups is 1. The van der Waals surface area contributed by atoms with Crippen molar-refractivity contribution in [1.29, 1.82) is 0 Å². The first-order valence-corrected chi connectivity index (χ1v) is 12.5. The molecule has 3 aliphatic rings. The Labute approximate surface area is 174 Å². The topological polar surface area (TPSA) is 60.9 Å². The standard InChI is InChI=1S/C22H33N3O3S/c1-18-8-10-24(11-9-18)22(26)17-23-12-14-25(15-13-23)29(27,28)21-7-6-19-4-2-3-5-20(19)16-21/h6-7,16,18H,2-5,8-15,17H2,1H3. The fourth-order valence-corrected chi connectivity index (χ4v) is 6.17. The molecule has 0 atom stereocenters. The van der Waals surface area contributed by atoms with Crippen LogP contribution in [0.25, 0.3) is 0 Å². The second kappa shape index (κ2) is 8.74. The number of sulfonamides is 1. The minimum Gasteiger partial charge on any atom is -0.342 e. The molecule has 2 heterocycles. The molecule has 1 aliphatic carbocycles. The highest BCUT2D eigenvalue weighted by Gasteiger charge is 2.30. The number of hydrogen-bond donors (Lipinski definition) is 0. The Morgan fingerprint density at radius 2 is 1.62 bits per heavy atom. The number of hydrogen-bond acceptors (Lipinski definition) is 4. The van der Waals surface area contributed by atoms with Gasteiger partial charge in [-0.3, -0.25) is 9.69 Å². The average molecular weight is 420 g/mol. The molecule has 0 N–H and O–H groups in total. The third-order valence-corrected chi connectivity index (χ3v) is 8.68. The van der Waals surface area contributed by atoms with Crippen LogP contribution in [0.1, 0.15) is 43.7 Å². The van der Waals surface area contributed by atoms with E-state index in [1.54, 1.807) is 10.4 Å². The van der Waals surface area contributed by atoms with Crippen molar-refractivity contribution in [3.05, 3.63) is 29.3 Å². The number of aryl methyl sites for hydroxylation is 2. The van der Waals surface area contributed by atoms with Crippen LogP contribution in [0, 0.1) is 5.92 Å². The molecule has 2 aliphatic heterocycles. The van der Waals surface area contributed by atoms with Crippen molar-refractivity contribution in [2.75, 3.05) is 45.8 Å². The fourth-order valence-electron chi connectivity index (χ4n) is 4.70. The predicted molar refractivity (Wildman–Crippen MR) is 113 cm³/mol. The molecule has 0 radical (unpaired) electrons. The summed E-state index contributed by atoms with van der Waals surface area (Å²) in [5.74, 6) is 0.888. The van der Waals surface area contributed by atoms with Crippen molar-refractivity contribution in [3.8, 4) is 0 Å². The minimum absolute atomic E-state index is 0.183. The molecular weight excluding hydrogens is 386 g/mol. The molecule has 2 fully saturated rings. The molecule has 0 bridgehead atoms. The van der Waals surface area contributed by atoms with E-state index in [1.807, 2.05) is 17.0 Å². The van der Waals surface area contributed by atoms with Crippen LogP contribution in [0.15, 0.2) is 23.1 Å². The first-order chi connectivity index (χ1) is 13.9. The highest BCUT2D eigenvalue weighted by atomic mass is 32.2. The van der Waals surface area contributed by atoms with Crippen LogP contribution in [0.3, 0.4) is 0 Å². The third kappa shape index (κ3) is 4.67. The van der Waals surface area contributed by atoms with Gasteiger partial charge in [0.15, 0.2) is 0 Å². The van der Waals surface area contributed by atoms with E-state index in [4.69, 9.17) is 0 Å². The molecule has 2 saturated heterocycles. The zero-order valence-corrected chi connectivity index (χ0v) is 18.3. The summed E-state index contributed by atoms with van der Waals surface area (Å²) in [5.41, 5.74) is 2.49. The largest absolute Gasteiger partial charge is 0.342 e. The number of benzene rings is 1. The zero-order chi connectivity index (χ0) is 20.4. The van der Waals surface area contributed by atoms with Crippen LogP contribution in [-0.4, -0.2) is 74.2 Å². The quantitative estimate of drug-likeness (QED) is 0.750. The SMILES string of the molecule is CC1CCN(C(=O)CN2CCN(S(=O)(=O)c3ccc4c(c3)CCCC4)CC2)CC1. The third-order valence-electron chi connectivity index (χ3n) is 6.78. The summed E-state index contributed by atoms with van der Waals surface area (Å²) >= 11 is 0. The molecule has 1 aromatic rings. The lowest BCUT2D eigenvalue weighted by molar-refractivity contribution is -0.134. The van der Waals surface area contributed by atoms with Crippen LogP contribution < -0.4 is 0 Å². The predicted octanol–water partition coefficient (Wildman–Crippen LogP) is 2.13. The van der Waals surface area contributed by atoms with Gasteiger partial charge in [-0.1, -0.05) is 13.0 Å². The Balaban J connectivity index is 1.33. The molecule has 160 valence electrons. The van der Waals surface area contributed by atoms with Crippen molar-refractivity contribution in [3.63, 3.8) is 0 Å². The van der Waals surface area contributed by atoms with Gasteiger partial charge >= 0.3 is 0 Å². The summed E-state index contributed by atoms with van der Waals surface area (Å²) < 4.78 is 27.8. The molecule has 7 heteroatoms. The van der Waals surface area contributed by atoms with Crippen molar-refractivity contribution >= 4 is 15.9 Å². The van der Waals surface area contributed by atoms with Gasteiger partial charge in [-0.05, 0) is 67.7 Å². The van der Waals surface area contributed by atoms with E-state index in [-0.39, 0.29) is 5.91 Å². The van der Waals surface area contributed by atoms with Gasteiger partial charge in [0, 0.05) is 39.3 Å². The van der Waals surface area contributed by atoms with Crippen LogP contribution in [-0.2, 0) is 27.7 Å². The molecule has 4 rings (SSSR count). The van der Waals surface area contributed by atoms with E-state index < -0.39 is 10.0 Å². The summed E-state index contributed by atoms with van der Waals surface area (Å²) in [7, 11) is -3.46. The lowest BCUT2D eigenvalue weighted by Crippen LogP contribution is -2.52. The summed E-state index contributed by atoms with van der Waals surface area (Å²) in [6.07, 6.45) is 6.52. The Morgan fingerprint density at radius 3 is 2.31 bits per heavy atom. The molecule has 0 unspecified atom stereocenters. The van der Waals surface area contributed by atoms with E-state index in [9.17, 15) is 13.2 Å². The number of piperazine rings is 1. The van der Waals surface area contributed by atoms with Gasteiger partial charge in [-0.25, -0.2) is 8.42 Å². The van der Waals surface area contributed by atoms with Gasteiger partial charge in [0.05, 0.1) is 11.4 Å². The maximum atomic E-state index is 13.1. The summed E-state index contributed by atoms with van der Waals surface area (Å²) in [4.78, 5) is 17.0. The molecule has 1 amide bonds. The Hall–Kier alpha value is -1.44. The second-order valence-corrected chi connectivity index (χ2v) is 10.8. The number of fused-ring (bicyclic) bond motifs is 1. The highest BCUT2D eigenvalue weighted by molar-refractivity contribution is 7.89.